The van der Waals surface area contributed by atoms with Crippen LogP contribution in [0.3, 0.4) is 0 Å². The van der Waals surface area contributed by atoms with E-state index in [9.17, 15) is 17.6 Å². The lowest BCUT2D eigenvalue weighted by molar-refractivity contribution is -0.117. The van der Waals surface area contributed by atoms with Gasteiger partial charge in [-0.25, -0.2) is 12.8 Å². The van der Waals surface area contributed by atoms with Gasteiger partial charge in [-0.2, -0.15) is 4.72 Å². The molecule has 0 unspecified atom stereocenters. The molecule has 3 aromatic rings. The molecule has 0 aromatic heterocycles. The Kier molecular flexibility index (Phi) is 7.27. The minimum absolute atomic E-state index is 0.0884. The third-order valence-corrected chi connectivity index (χ3v) is 6.19. The molecule has 0 radical (unpaired) electrons. The van der Waals surface area contributed by atoms with E-state index in [0.29, 0.717) is 5.75 Å². The highest BCUT2D eigenvalue weighted by Crippen LogP contribution is 2.27. The van der Waals surface area contributed by atoms with E-state index in [4.69, 9.17) is 16.3 Å². The molecule has 0 aliphatic heterocycles. The molecule has 2 N–H and O–H groups in total. The Bertz CT molecular complexity index is 1170. The molecule has 0 aliphatic carbocycles. The van der Waals surface area contributed by atoms with E-state index in [-0.39, 0.29) is 22.0 Å². The van der Waals surface area contributed by atoms with Crippen molar-refractivity contribution in [2.24, 2.45) is 0 Å². The summed E-state index contributed by atoms with van der Waals surface area (Å²) in [4.78, 5) is 12.8. The minimum atomic E-state index is -4.10. The van der Waals surface area contributed by atoms with Gasteiger partial charge in [0.25, 0.3) is 0 Å². The molecule has 0 bridgehead atoms. The van der Waals surface area contributed by atoms with Gasteiger partial charge in [0.05, 0.1) is 17.0 Å². The number of nitrogens with one attached hydrogen (secondary N) is 2. The molecule has 6 nitrogen and oxygen atoms in total. The third kappa shape index (κ3) is 6.04. The summed E-state index contributed by atoms with van der Waals surface area (Å²) in [6, 6.07) is 17.1. The number of benzene rings is 3. The Labute approximate surface area is 185 Å². The lowest BCUT2D eigenvalue weighted by Gasteiger charge is -2.19. The molecule has 0 saturated carbocycles. The molecule has 0 spiro atoms. The van der Waals surface area contributed by atoms with Crippen molar-refractivity contribution in [3.8, 4) is 5.75 Å². The Morgan fingerprint density at radius 3 is 2.45 bits per heavy atom. The van der Waals surface area contributed by atoms with Crippen molar-refractivity contribution in [3.63, 3.8) is 0 Å². The van der Waals surface area contributed by atoms with E-state index in [1.165, 1.54) is 43.5 Å². The van der Waals surface area contributed by atoms with E-state index in [0.717, 1.165) is 11.6 Å². The van der Waals surface area contributed by atoms with Crippen LogP contribution in [0.25, 0.3) is 0 Å². The second-order valence-electron chi connectivity index (χ2n) is 6.66. The highest BCUT2D eigenvalue weighted by molar-refractivity contribution is 7.89. The fourth-order valence-electron chi connectivity index (χ4n) is 2.90. The molecule has 31 heavy (non-hydrogen) atoms. The fourth-order valence-corrected chi connectivity index (χ4v) is 4.45. The summed E-state index contributed by atoms with van der Waals surface area (Å²) in [5.41, 5.74) is 0.965. The number of hydrogen-bond acceptors (Lipinski definition) is 4. The summed E-state index contributed by atoms with van der Waals surface area (Å²) in [7, 11) is -2.68. The van der Waals surface area contributed by atoms with Gasteiger partial charge in [-0.3, -0.25) is 4.79 Å². The van der Waals surface area contributed by atoms with Crippen molar-refractivity contribution in [2.45, 2.75) is 17.4 Å². The monoisotopic (exact) mass is 462 g/mol. The molecule has 0 saturated heterocycles. The topological polar surface area (TPSA) is 84.5 Å². The van der Waals surface area contributed by atoms with E-state index >= 15 is 0 Å². The average molecular weight is 463 g/mol. The molecule has 0 aliphatic rings. The van der Waals surface area contributed by atoms with Gasteiger partial charge in [-0.1, -0.05) is 48.0 Å². The second kappa shape index (κ2) is 9.91. The van der Waals surface area contributed by atoms with Gasteiger partial charge in [-0.05, 0) is 48.4 Å². The molecule has 3 rings (SSSR count). The summed E-state index contributed by atoms with van der Waals surface area (Å²) >= 11 is 6.05. The van der Waals surface area contributed by atoms with E-state index < -0.39 is 27.8 Å². The van der Waals surface area contributed by atoms with Gasteiger partial charge in [-0.15, -0.1) is 0 Å². The summed E-state index contributed by atoms with van der Waals surface area (Å²) in [6.45, 7) is 0. The maximum absolute atomic E-state index is 13.5. The first kappa shape index (κ1) is 22.7. The van der Waals surface area contributed by atoms with Crippen LogP contribution in [0.5, 0.6) is 5.75 Å². The second-order valence-corrected chi connectivity index (χ2v) is 8.78. The first-order chi connectivity index (χ1) is 14.8. The quantitative estimate of drug-likeness (QED) is 0.529. The number of rotatable bonds is 8. The number of ether oxygens (including phenoxy) is 1. The zero-order valence-corrected chi connectivity index (χ0v) is 18.1. The van der Waals surface area contributed by atoms with Gasteiger partial charge >= 0.3 is 0 Å². The number of halogens is 2. The van der Waals surface area contributed by atoms with Gasteiger partial charge in [0.2, 0.25) is 15.9 Å². The maximum atomic E-state index is 13.5. The number of methoxy groups -OCH3 is 1. The van der Waals surface area contributed by atoms with Crippen LogP contribution in [-0.2, 0) is 21.2 Å². The Balaban J connectivity index is 1.88. The zero-order valence-electron chi connectivity index (χ0n) is 16.5. The number of sulfonamides is 1. The van der Waals surface area contributed by atoms with Crippen molar-refractivity contribution in [1.82, 2.24) is 4.72 Å². The Morgan fingerprint density at radius 1 is 1.06 bits per heavy atom. The van der Waals surface area contributed by atoms with Crippen molar-refractivity contribution in [2.75, 3.05) is 12.4 Å². The zero-order chi connectivity index (χ0) is 22.4. The third-order valence-electron chi connectivity index (χ3n) is 4.42. The number of anilines is 1. The molecular formula is C22H20ClFN2O4S. The summed E-state index contributed by atoms with van der Waals surface area (Å²) in [6.07, 6.45) is 0.0884. The van der Waals surface area contributed by atoms with Crippen molar-refractivity contribution >= 4 is 33.2 Å². The largest absolute Gasteiger partial charge is 0.495 e. The molecule has 3 aromatic carbocycles. The maximum Gasteiger partial charge on any atom is 0.242 e. The van der Waals surface area contributed by atoms with Crippen LogP contribution in [0.1, 0.15) is 5.56 Å². The molecule has 1 atom stereocenters. The van der Waals surface area contributed by atoms with Crippen LogP contribution in [0, 0.1) is 5.82 Å². The summed E-state index contributed by atoms with van der Waals surface area (Å²) in [5.74, 6) is -0.825. The molecular weight excluding hydrogens is 443 g/mol. The Morgan fingerprint density at radius 2 is 1.81 bits per heavy atom. The first-order valence-electron chi connectivity index (χ1n) is 9.25. The smallest absolute Gasteiger partial charge is 0.242 e. The van der Waals surface area contributed by atoms with Crippen LogP contribution in [0.4, 0.5) is 10.1 Å². The van der Waals surface area contributed by atoms with Crippen molar-refractivity contribution in [1.29, 1.82) is 0 Å². The summed E-state index contributed by atoms with van der Waals surface area (Å²) in [5, 5.41) is 2.67. The number of hydrogen-bond donors (Lipinski definition) is 2. The van der Waals surface area contributed by atoms with Gasteiger partial charge in [0.1, 0.15) is 17.6 Å². The van der Waals surface area contributed by atoms with E-state index in [2.05, 4.69) is 10.0 Å². The van der Waals surface area contributed by atoms with Crippen molar-refractivity contribution < 1.29 is 22.3 Å². The fraction of sp³-hybridized carbons (Fsp3) is 0.136. The van der Waals surface area contributed by atoms with Crippen LogP contribution in [0.2, 0.25) is 5.02 Å². The number of carbonyl (C=O) groups is 1. The van der Waals surface area contributed by atoms with Crippen LogP contribution < -0.4 is 14.8 Å². The molecule has 0 heterocycles. The number of amides is 1. The molecule has 162 valence electrons. The molecule has 1 amide bonds. The van der Waals surface area contributed by atoms with Crippen LogP contribution in [-0.4, -0.2) is 27.5 Å². The predicted molar refractivity (Wildman–Crippen MR) is 117 cm³/mol. The van der Waals surface area contributed by atoms with Gasteiger partial charge in [0.15, 0.2) is 0 Å². The first-order valence-corrected chi connectivity index (χ1v) is 11.1. The van der Waals surface area contributed by atoms with Crippen LogP contribution >= 0.6 is 11.6 Å². The normalized spacial score (nSPS) is 12.2. The van der Waals surface area contributed by atoms with Gasteiger partial charge < -0.3 is 10.1 Å². The minimum Gasteiger partial charge on any atom is -0.495 e. The lowest BCUT2D eigenvalue weighted by atomic mass is 10.1. The van der Waals surface area contributed by atoms with E-state index in [1.54, 1.807) is 24.3 Å². The number of carbonyl (C=O) groups excluding carboxylic acids is 1. The standard InChI is InChI=1S/C22H20ClFN2O4S/c1-30-21-11-10-18(14-19(21)23)31(28,29)26-20(12-15-6-3-2-4-7-15)22(27)25-17-9-5-8-16(24)13-17/h2-11,13-14,20,26H,12H2,1H3,(H,25,27)/t20-/m1/s1. The SMILES string of the molecule is COc1ccc(S(=O)(=O)N[C@H](Cc2ccccc2)C(=O)Nc2cccc(F)c2)cc1Cl. The van der Waals surface area contributed by atoms with Gasteiger partial charge in [0, 0.05) is 5.69 Å². The predicted octanol–water partition coefficient (Wildman–Crippen LogP) is 4.02. The Hall–Kier alpha value is -2.94. The highest BCUT2D eigenvalue weighted by Gasteiger charge is 2.27. The average Bonchev–Trinajstić information content (AvgIpc) is 2.74. The van der Waals surface area contributed by atoms with Crippen molar-refractivity contribution in [3.05, 3.63) is 89.2 Å². The summed E-state index contributed by atoms with van der Waals surface area (Å²) < 4.78 is 46.8. The highest BCUT2D eigenvalue weighted by atomic mass is 35.5. The lowest BCUT2D eigenvalue weighted by Crippen LogP contribution is -2.45. The van der Waals surface area contributed by atoms with Crippen LogP contribution in [0.15, 0.2) is 77.7 Å². The molecule has 0 fully saturated rings. The van der Waals surface area contributed by atoms with E-state index in [1.807, 2.05) is 6.07 Å². The molecule has 9 heteroatoms.